The zero-order chi connectivity index (χ0) is 28.9. The Morgan fingerprint density at radius 3 is 2.33 bits per heavy atom. The van der Waals surface area contributed by atoms with Gasteiger partial charge in [-0.2, -0.15) is 0 Å². The first kappa shape index (κ1) is 28.6. The molecule has 0 spiro atoms. The largest absolute Gasteiger partial charge is 0.492 e. The van der Waals surface area contributed by atoms with Crippen LogP contribution in [0.15, 0.2) is 77.6 Å². The van der Waals surface area contributed by atoms with Crippen LogP contribution in [0.3, 0.4) is 0 Å². The van der Waals surface area contributed by atoms with Gasteiger partial charge in [-0.1, -0.05) is 53.8 Å². The fraction of sp³-hybridized carbons (Fsp3) is 0.267. The van der Waals surface area contributed by atoms with Gasteiger partial charge in [0, 0.05) is 17.5 Å². The number of hydrogen-bond donors (Lipinski definition) is 2. The predicted molar refractivity (Wildman–Crippen MR) is 152 cm³/mol. The van der Waals surface area contributed by atoms with Gasteiger partial charge in [0.25, 0.3) is 0 Å². The molecule has 10 heteroatoms. The third kappa shape index (κ3) is 7.35. The number of carbonyl (C=O) groups excluding carboxylic acids is 2. The number of aliphatic carboxylic acids is 1. The molecule has 40 heavy (non-hydrogen) atoms. The number of rotatable bonds is 10. The summed E-state index contributed by atoms with van der Waals surface area (Å²) in [6, 6.07) is 19.9. The second-order valence-corrected chi connectivity index (χ2v) is 11.1. The number of aromatic nitrogens is 1. The first-order valence-corrected chi connectivity index (χ1v) is 13.5. The molecule has 1 aromatic heterocycles. The standard InChI is InChI=1S/C30H30N2O7S/c1-30(2,3)39-28(36)31-23(27(34)35)17-19-9-12-22(13-10-19)38-16-15-32-24-14-11-21(18-25(24)40-29(32)37)26(33)20-7-5-4-6-8-20/h4-14,18,23H,15-17H2,1-3H3,(H,31,36)(H,34,35). The average Bonchev–Trinajstić information content (AvgIpc) is 3.22. The lowest BCUT2D eigenvalue weighted by Crippen LogP contribution is -2.44. The molecule has 0 fully saturated rings. The first-order chi connectivity index (χ1) is 19.0. The number of ether oxygens (including phenoxy) is 2. The minimum Gasteiger partial charge on any atom is -0.492 e. The lowest BCUT2D eigenvalue weighted by molar-refractivity contribution is -0.139. The van der Waals surface area contributed by atoms with Crippen molar-refractivity contribution in [2.75, 3.05) is 6.61 Å². The number of alkyl carbamates (subject to hydrolysis) is 1. The summed E-state index contributed by atoms with van der Waals surface area (Å²) in [5.74, 6) is -0.716. The van der Waals surface area contributed by atoms with E-state index >= 15 is 0 Å². The molecule has 0 aliphatic carbocycles. The van der Waals surface area contributed by atoms with Crippen molar-refractivity contribution in [3.63, 3.8) is 0 Å². The highest BCUT2D eigenvalue weighted by Gasteiger charge is 2.24. The molecular formula is C30H30N2O7S. The minimum absolute atomic E-state index is 0.0694. The van der Waals surface area contributed by atoms with E-state index in [2.05, 4.69) is 5.32 Å². The summed E-state index contributed by atoms with van der Waals surface area (Å²) in [6.07, 6.45) is -0.727. The molecule has 0 radical (unpaired) electrons. The summed E-state index contributed by atoms with van der Waals surface area (Å²) in [7, 11) is 0. The van der Waals surface area contributed by atoms with Crippen LogP contribution in [0.2, 0.25) is 0 Å². The van der Waals surface area contributed by atoms with Crippen molar-refractivity contribution < 1.29 is 29.0 Å². The van der Waals surface area contributed by atoms with Gasteiger partial charge in [0.05, 0.1) is 16.8 Å². The van der Waals surface area contributed by atoms with Crippen molar-refractivity contribution >= 4 is 39.4 Å². The molecule has 4 aromatic rings. The van der Waals surface area contributed by atoms with Crippen LogP contribution in [-0.2, 0) is 22.5 Å². The molecule has 3 aromatic carbocycles. The van der Waals surface area contributed by atoms with Crippen LogP contribution in [0.4, 0.5) is 4.79 Å². The third-order valence-corrected chi connectivity index (χ3v) is 6.84. The molecule has 9 nitrogen and oxygen atoms in total. The number of fused-ring (bicyclic) bond motifs is 1. The lowest BCUT2D eigenvalue weighted by atomic mass is 10.0. The van der Waals surface area contributed by atoms with E-state index in [1.54, 1.807) is 79.9 Å². The molecular weight excluding hydrogens is 532 g/mol. The van der Waals surface area contributed by atoms with E-state index in [9.17, 15) is 24.3 Å². The molecule has 0 saturated heterocycles. The average molecular weight is 563 g/mol. The number of thiazole rings is 1. The number of nitrogens with zero attached hydrogens (tertiary/aromatic N) is 1. The van der Waals surface area contributed by atoms with E-state index < -0.39 is 23.7 Å². The van der Waals surface area contributed by atoms with E-state index in [0.29, 0.717) is 29.0 Å². The highest BCUT2D eigenvalue weighted by atomic mass is 32.1. The molecule has 0 saturated carbocycles. The Morgan fingerprint density at radius 1 is 0.975 bits per heavy atom. The van der Waals surface area contributed by atoms with E-state index in [1.165, 1.54) is 0 Å². The number of ketones is 1. The summed E-state index contributed by atoms with van der Waals surface area (Å²) in [5, 5.41) is 11.9. The molecule has 1 amide bonds. The Labute approximate surface area is 235 Å². The number of carboxylic acid groups (broad SMARTS) is 1. The number of nitrogens with one attached hydrogen (secondary N) is 1. The van der Waals surface area contributed by atoms with Crippen molar-refractivity contribution in [2.45, 2.75) is 45.4 Å². The van der Waals surface area contributed by atoms with Crippen LogP contribution in [0, 0.1) is 0 Å². The lowest BCUT2D eigenvalue weighted by Gasteiger charge is -2.22. The van der Waals surface area contributed by atoms with E-state index in [4.69, 9.17) is 9.47 Å². The molecule has 0 aliphatic heterocycles. The SMILES string of the molecule is CC(C)(C)OC(=O)NC(Cc1ccc(OCCn2c(=O)sc3cc(C(=O)c4ccccc4)ccc32)cc1)C(=O)O. The predicted octanol–water partition coefficient (Wildman–Crippen LogP) is 4.89. The molecule has 1 unspecified atom stereocenters. The van der Waals surface area contributed by atoms with Crippen LogP contribution in [0.5, 0.6) is 5.75 Å². The summed E-state index contributed by atoms with van der Waals surface area (Å²) in [5.41, 5.74) is 1.80. The fourth-order valence-corrected chi connectivity index (χ4v) is 4.99. The van der Waals surface area contributed by atoms with E-state index in [-0.39, 0.29) is 23.7 Å². The maximum Gasteiger partial charge on any atom is 0.408 e. The Balaban J connectivity index is 1.35. The maximum atomic E-state index is 12.8. The monoisotopic (exact) mass is 562 g/mol. The van der Waals surface area contributed by atoms with Crippen molar-refractivity contribution in [3.8, 4) is 5.75 Å². The zero-order valence-electron chi connectivity index (χ0n) is 22.4. The fourth-order valence-electron chi connectivity index (χ4n) is 4.04. The van der Waals surface area contributed by atoms with E-state index in [1.807, 2.05) is 18.2 Å². The summed E-state index contributed by atoms with van der Waals surface area (Å²) in [6.45, 7) is 5.64. The van der Waals surface area contributed by atoms with Crippen LogP contribution in [-0.4, -0.2) is 45.8 Å². The molecule has 4 rings (SSSR count). The highest BCUT2D eigenvalue weighted by molar-refractivity contribution is 7.16. The Hall–Kier alpha value is -4.44. The minimum atomic E-state index is -1.17. The number of hydrogen-bond acceptors (Lipinski definition) is 7. The van der Waals surface area contributed by atoms with Gasteiger partial charge in [0.1, 0.15) is 24.0 Å². The van der Waals surface area contributed by atoms with E-state index in [0.717, 1.165) is 21.6 Å². The summed E-state index contributed by atoms with van der Waals surface area (Å²) >= 11 is 1.08. The van der Waals surface area contributed by atoms with Gasteiger partial charge in [0.15, 0.2) is 5.78 Å². The third-order valence-electron chi connectivity index (χ3n) is 5.90. The van der Waals surface area contributed by atoms with Crippen LogP contribution < -0.4 is 14.9 Å². The maximum absolute atomic E-state index is 12.8. The molecule has 208 valence electrons. The number of benzene rings is 3. The van der Waals surface area contributed by atoms with Gasteiger partial charge in [-0.05, 0) is 56.7 Å². The summed E-state index contributed by atoms with van der Waals surface area (Å²) in [4.78, 5) is 48.9. The van der Waals surface area contributed by atoms with Gasteiger partial charge in [-0.15, -0.1) is 0 Å². The zero-order valence-corrected chi connectivity index (χ0v) is 23.2. The second kappa shape index (κ2) is 12.2. The number of amides is 1. The van der Waals surface area contributed by atoms with Gasteiger partial charge < -0.3 is 19.9 Å². The van der Waals surface area contributed by atoms with Gasteiger partial charge in [-0.25, -0.2) is 9.59 Å². The topological polar surface area (TPSA) is 124 Å². The van der Waals surface area contributed by atoms with Crippen molar-refractivity contribution in [1.82, 2.24) is 9.88 Å². The normalized spacial score (nSPS) is 12.1. The number of carbonyl (C=O) groups is 3. The molecule has 0 bridgehead atoms. The molecule has 1 heterocycles. The van der Waals surface area contributed by atoms with Crippen LogP contribution in [0.1, 0.15) is 42.3 Å². The first-order valence-electron chi connectivity index (χ1n) is 12.7. The van der Waals surface area contributed by atoms with Crippen molar-refractivity contribution in [1.29, 1.82) is 0 Å². The van der Waals surface area contributed by atoms with Crippen molar-refractivity contribution in [2.24, 2.45) is 0 Å². The molecule has 0 aliphatic rings. The Bertz CT molecular complexity index is 1570. The van der Waals surface area contributed by atoms with Crippen molar-refractivity contribution in [3.05, 3.63) is 99.2 Å². The van der Waals surface area contributed by atoms with Crippen LogP contribution in [0.25, 0.3) is 10.2 Å². The number of carboxylic acids is 1. The Morgan fingerprint density at radius 2 is 1.68 bits per heavy atom. The van der Waals surface area contributed by atoms with Crippen LogP contribution >= 0.6 is 11.3 Å². The van der Waals surface area contributed by atoms with Gasteiger partial charge >= 0.3 is 16.9 Å². The summed E-state index contributed by atoms with van der Waals surface area (Å²) < 4.78 is 13.3. The van der Waals surface area contributed by atoms with Gasteiger partial charge in [0.2, 0.25) is 0 Å². The second-order valence-electron chi connectivity index (χ2n) is 10.1. The molecule has 1 atom stereocenters. The Kier molecular flexibility index (Phi) is 8.69. The quantitative estimate of drug-likeness (QED) is 0.264. The molecule has 2 N–H and O–H groups in total. The van der Waals surface area contributed by atoms with Gasteiger partial charge in [-0.3, -0.25) is 14.2 Å². The highest BCUT2D eigenvalue weighted by Crippen LogP contribution is 2.21. The smallest absolute Gasteiger partial charge is 0.408 e.